The van der Waals surface area contributed by atoms with Crippen LogP contribution in [-0.2, 0) is 28.4 Å². The number of terminal acetylenes is 3. The second-order valence-electron chi connectivity index (χ2n) is 5.56. The predicted molar refractivity (Wildman–Crippen MR) is 99.8 cm³/mol. The van der Waals surface area contributed by atoms with Crippen molar-refractivity contribution in [2.24, 2.45) is 5.41 Å². The molecule has 0 rings (SSSR count). The van der Waals surface area contributed by atoms with Gasteiger partial charge in [-0.25, -0.2) is 4.39 Å². The Morgan fingerprint density at radius 1 is 0.556 bits per heavy atom. The van der Waals surface area contributed by atoms with E-state index in [1.54, 1.807) is 0 Å². The molecule has 0 aromatic carbocycles. The molecule has 0 unspecified atom stereocenters. The van der Waals surface area contributed by atoms with Gasteiger partial charge in [0, 0.05) is 0 Å². The zero-order valence-corrected chi connectivity index (χ0v) is 15.8. The largest absolute Gasteiger partial charge is 0.378 e. The normalized spacial score (nSPS) is 10.9. The molecule has 0 heterocycles. The van der Waals surface area contributed by atoms with Gasteiger partial charge in [0.05, 0.1) is 64.9 Å². The lowest BCUT2D eigenvalue weighted by molar-refractivity contribution is -0.102. The molecule has 0 atom stereocenters. The summed E-state index contributed by atoms with van der Waals surface area (Å²) in [6.07, 6.45) is 15.7. The van der Waals surface area contributed by atoms with Crippen molar-refractivity contribution in [1.29, 1.82) is 0 Å². The summed E-state index contributed by atoms with van der Waals surface area (Å²) in [5, 5.41) is 0. The standard InChI is InChI=1S/C20H29FO6/c1-4-8-24-16-20(17-25-9-5-2,18-26-10-6-3)19-27-15-14-23-13-12-22-11-7-21/h1-3H,7-19H2. The van der Waals surface area contributed by atoms with Crippen molar-refractivity contribution in [3.8, 4) is 37.0 Å². The average Bonchev–Trinajstić information content (AvgIpc) is 2.67. The van der Waals surface area contributed by atoms with Gasteiger partial charge in [0.2, 0.25) is 0 Å². The first-order valence-electron chi connectivity index (χ1n) is 8.57. The highest BCUT2D eigenvalue weighted by Gasteiger charge is 2.32. The molecule has 0 saturated heterocycles. The number of hydrogen-bond donors (Lipinski definition) is 0. The molecule has 0 spiro atoms. The molecule has 0 N–H and O–H groups in total. The molecule has 0 bridgehead atoms. The van der Waals surface area contributed by atoms with E-state index >= 15 is 0 Å². The minimum Gasteiger partial charge on any atom is -0.378 e. The Hall–Kier alpha value is -1.63. The molecule has 27 heavy (non-hydrogen) atoms. The van der Waals surface area contributed by atoms with Gasteiger partial charge >= 0.3 is 0 Å². The Morgan fingerprint density at radius 2 is 0.926 bits per heavy atom. The molecule has 0 saturated carbocycles. The lowest BCUT2D eigenvalue weighted by atomic mass is 9.92. The van der Waals surface area contributed by atoms with E-state index < -0.39 is 12.1 Å². The minimum absolute atomic E-state index is 0.0787. The van der Waals surface area contributed by atoms with E-state index in [0.717, 1.165) is 0 Å². The molecule has 152 valence electrons. The maximum atomic E-state index is 11.9. The van der Waals surface area contributed by atoms with Crippen LogP contribution < -0.4 is 0 Å². The van der Waals surface area contributed by atoms with Crippen LogP contribution in [0.1, 0.15) is 0 Å². The van der Waals surface area contributed by atoms with Crippen molar-refractivity contribution >= 4 is 0 Å². The lowest BCUT2D eigenvalue weighted by Crippen LogP contribution is -2.42. The summed E-state index contributed by atoms with van der Waals surface area (Å²) in [5.74, 6) is 7.25. The van der Waals surface area contributed by atoms with Gasteiger partial charge in [-0.2, -0.15) is 0 Å². The van der Waals surface area contributed by atoms with Crippen LogP contribution in [0, 0.1) is 42.4 Å². The van der Waals surface area contributed by atoms with Crippen LogP contribution in [0.4, 0.5) is 4.39 Å². The molecule has 0 aliphatic heterocycles. The molecule has 0 aromatic rings. The van der Waals surface area contributed by atoms with E-state index in [4.69, 9.17) is 47.7 Å². The third kappa shape index (κ3) is 15.2. The summed E-state index contributed by atoms with van der Waals surface area (Å²) in [6.45, 7) is 2.58. The van der Waals surface area contributed by atoms with Crippen molar-refractivity contribution in [2.45, 2.75) is 0 Å². The van der Waals surface area contributed by atoms with Gasteiger partial charge in [0.25, 0.3) is 0 Å². The molecule has 0 fully saturated rings. The molecular formula is C20H29FO6. The number of halogens is 1. The number of hydrogen-bond acceptors (Lipinski definition) is 6. The fraction of sp³-hybridized carbons (Fsp3) is 0.700. The van der Waals surface area contributed by atoms with E-state index in [0.29, 0.717) is 26.4 Å². The molecule has 0 aromatic heterocycles. The van der Waals surface area contributed by atoms with E-state index in [2.05, 4.69) is 17.8 Å². The Labute approximate surface area is 162 Å². The first-order chi connectivity index (χ1) is 13.2. The van der Waals surface area contributed by atoms with Crippen molar-refractivity contribution in [3.63, 3.8) is 0 Å². The Balaban J connectivity index is 4.39. The highest BCUT2D eigenvalue weighted by atomic mass is 19.1. The van der Waals surface area contributed by atoms with Crippen molar-refractivity contribution in [3.05, 3.63) is 0 Å². The van der Waals surface area contributed by atoms with Crippen LogP contribution in [0.15, 0.2) is 0 Å². The van der Waals surface area contributed by atoms with Crippen molar-refractivity contribution in [1.82, 2.24) is 0 Å². The van der Waals surface area contributed by atoms with E-state index in [9.17, 15) is 4.39 Å². The molecular weight excluding hydrogens is 355 g/mol. The molecule has 0 amide bonds. The van der Waals surface area contributed by atoms with E-state index in [1.165, 1.54) is 0 Å². The molecule has 0 aliphatic carbocycles. The van der Waals surface area contributed by atoms with Gasteiger partial charge in [0.15, 0.2) is 0 Å². The molecule has 0 aliphatic rings. The van der Waals surface area contributed by atoms with Crippen molar-refractivity contribution < 1.29 is 32.8 Å². The molecule has 0 radical (unpaired) electrons. The van der Waals surface area contributed by atoms with Crippen LogP contribution in [0.25, 0.3) is 0 Å². The SMILES string of the molecule is C#CCOCC(COCC#C)(COCC#C)COCCOCCOCCF. The van der Waals surface area contributed by atoms with Gasteiger partial charge in [-0.15, -0.1) is 19.3 Å². The van der Waals surface area contributed by atoms with Gasteiger partial charge in [0.1, 0.15) is 26.5 Å². The van der Waals surface area contributed by atoms with Gasteiger partial charge in [-0.1, -0.05) is 17.8 Å². The fourth-order valence-corrected chi connectivity index (χ4v) is 2.01. The van der Waals surface area contributed by atoms with Crippen LogP contribution >= 0.6 is 0 Å². The minimum atomic E-state index is -0.602. The van der Waals surface area contributed by atoms with E-state index in [-0.39, 0.29) is 52.9 Å². The quantitative estimate of drug-likeness (QED) is 0.244. The number of alkyl halides is 1. The highest BCUT2D eigenvalue weighted by Crippen LogP contribution is 2.20. The molecule has 7 heteroatoms. The Morgan fingerprint density at radius 3 is 1.33 bits per heavy atom. The fourth-order valence-electron chi connectivity index (χ4n) is 2.01. The predicted octanol–water partition coefficient (Wildman–Crippen LogP) is 0.942. The van der Waals surface area contributed by atoms with Gasteiger partial charge in [-0.05, 0) is 0 Å². The van der Waals surface area contributed by atoms with E-state index in [1.807, 2.05) is 0 Å². The monoisotopic (exact) mass is 384 g/mol. The third-order valence-corrected chi connectivity index (χ3v) is 3.15. The maximum Gasteiger partial charge on any atom is 0.113 e. The first-order valence-corrected chi connectivity index (χ1v) is 8.57. The van der Waals surface area contributed by atoms with Crippen LogP contribution in [-0.4, -0.2) is 86.0 Å². The Bertz CT molecular complexity index is 412. The molecule has 6 nitrogen and oxygen atoms in total. The second kappa shape index (κ2) is 19.1. The summed E-state index contributed by atoms with van der Waals surface area (Å²) in [7, 11) is 0. The third-order valence-electron chi connectivity index (χ3n) is 3.15. The summed E-state index contributed by atoms with van der Waals surface area (Å²) in [6, 6.07) is 0. The van der Waals surface area contributed by atoms with Crippen LogP contribution in [0.3, 0.4) is 0 Å². The van der Waals surface area contributed by atoms with Gasteiger partial charge < -0.3 is 28.4 Å². The Kier molecular flexibility index (Phi) is 18.0. The smallest absolute Gasteiger partial charge is 0.113 e. The lowest BCUT2D eigenvalue weighted by Gasteiger charge is -2.32. The first kappa shape index (κ1) is 25.4. The van der Waals surface area contributed by atoms with Crippen molar-refractivity contribution in [2.75, 3.05) is 86.0 Å². The summed E-state index contributed by atoms with van der Waals surface area (Å²) >= 11 is 0. The maximum absolute atomic E-state index is 11.9. The zero-order valence-electron chi connectivity index (χ0n) is 15.8. The van der Waals surface area contributed by atoms with Crippen LogP contribution in [0.5, 0.6) is 0 Å². The number of rotatable bonds is 19. The summed E-state index contributed by atoms with van der Waals surface area (Å²) < 4.78 is 44.3. The zero-order chi connectivity index (χ0) is 20.1. The highest BCUT2D eigenvalue weighted by molar-refractivity contribution is 4.88. The van der Waals surface area contributed by atoms with Crippen LogP contribution in [0.2, 0.25) is 0 Å². The summed E-state index contributed by atoms with van der Waals surface area (Å²) in [4.78, 5) is 0. The topological polar surface area (TPSA) is 55.4 Å². The summed E-state index contributed by atoms with van der Waals surface area (Å²) in [5.41, 5.74) is -0.602. The van der Waals surface area contributed by atoms with Gasteiger partial charge in [-0.3, -0.25) is 0 Å². The second-order valence-corrected chi connectivity index (χ2v) is 5.56. The average molecular weight is 384 g/mol. The number of ether oxygens (including phenoxy) is 6.